The molecule has 1 aromatic rings. The number of hydrogen-bond acceptors (Lipinski definition) is 3. The average molecular weight is 326 g/mol. The molecule has 0 aliphatic carbocycles. The van der Waals surface area contributed by atoms with Crippen LogP contribution in [0.3, 0.4) is 0 Å². The molecule has 0 atom stereocenters. The number of alkyl halides is 3. The lowest BCUT2D eigenvalue weighted by Gasteiger charge is -2.14. The highest BCUT2D eigenvalue weighted by Crippen LogP contribution is 2.36. The van der Waals surface area contributed by atoms with Crippen LogP contribution in [0.15, 0.2) is 22.7 Å². The molecule has 100 valence electrons. The zero-order valence-electron chi connectivity index (χ0n) is 9.47. The van der Waals surface area contributed by atoms with Crippen molar-refractivity contribution in [2.45, 2.75) is 13.1 Å². The summed E-state index contributed by atoms with van der Waals surface area (Å²) in [5.41, 5.74) is -0.986. The van der Waals surface area contributed by atoms with Gasteiger partial charge in [0, 0.05) is 10.2 Å². The van der Waals surface area contributed by atoms with Gasteiger partial charge in [0.15, 0.2) is 0 Å². The van der Waals surface area contributed by atoms with Crippen molar-refractivity contribution in [2.75, 3.05) is 18.5 Å². The number of carbonyl (C=O) groups excluding carboxylic acids is 1. The maximum atomic E-state index is 12.7. The molecule has 0 aromatic heterocycles. The Balaban J connectivity index is 2.86. The van der Waals surface area contributed by atoms with Gasteiger partial charge in [-0.3, -0.25) is 4.79 Å². The van der Waals surface area contributed by atoms with Gasteiger partial charge in [0.2, 0.25) is 0 Å². The third kappa shape index (κ3) is 4.21. The monoisotopic (exact) mass is 325 g/mol. The number of anilines is 1. The van der Waals surface area contributed by atoms with E-state index in [0.717, 1.165) is 6.07 Å². The Morgan fingerprint density at radius 1 is 1.44 bits per heavy atom. The highest BCUT2D eigenvalue weighted by Gasteiger charge is 2.33. The van der Waals surface area contributed by atoms with E-state index in [0.29, 0.717) is 4.47 Å². The van der Waals surface area contributed by atoms with Gasteiger partial charge in [-0.1, -0.05) is 15.9 Å². The normalized spacial score (nSPS) is 11.2. The fourth-order valence-corrected chi connectivity index (χ4v) is 1.65. The number of ether oxygens (including phenoxy) is 1. The van der Waals surface area contributed by atoms with Crippen LogP contribution in [0.5, 0.6) is 0 Å². The summed E-state index contributed by atoms with van der Waals surface area (Å²) in [6.07, 6.45) is -4.47. The highest BCUT2D eigenvalue weighted by molar-refractivity contribution is 9.10. The van der Waals surface area contributed by atoms with Gasteiger partial charge in [-0.2, -0.15) is 13.2 Å². The summed E-state index contributed by atoms with van der Waals surface area (Å²) < 4.78 is 43.2. The van der Waals surface area contributed by atoms with Crippen molar-refractivity contribution in [1.29, 1.82) is 0 Å². The van der Waals surface area contributed by atoms with E-state index in [4.69, 9.17) is 0 Å². The second-order valence-electron chi connectivity index (χ2n) is 3.35. The molecule has 0 amide bonds. The summed E-state index contributed by atoms with van der Waals surface area (Å²) in [4.78, 5) is 11.1. The Labute approximate surface area is 110 Å². The molecule has 0 aliphatic rings. The average Bonchev–Trinajstić information content (AvgIpc) is 2.25. The first-order valence-electron chi connectivity index (χ1n) is 5.11. The molecule has 0 heterocycles. The first-order valence-corrected chi connectivity index (χ1v) is 5.90. The van der Waals surface area contributed by atoms with Crippen molar-refractivity contribution < 1.29 is 22.7 Å². The molecular weight excluding hydrogens is 315 g/mol. The van der Waals surface area contributed by atoms with Crippen LogP contribution in [0.2, 0.25) is 0 Å². The van der Waals surface area contributed by atoms with Crippen molar-refractivity contribution in [2.24, 2.45) is 0 Å². The number of esters is 1. The molecule has 18 heavy (non-hydrogen) atoms. The molecule has 0 fully saturated rings. The Morgan fingerprint density at radius 2 is 2.11 bits per heavy atom. The Bertz CT molecular complexity index is 435. The lowest BCUT2D eigenvalue weighted by atomic mass is 10.1. The van der Waals surface area contributed by atoms with E-state index in [1.807, 2.05) is 0 Å². The van der Waals surface area contributed by atoms with Crippen LogP contribution in [-0.4, -0.2) is 19.1 Å². The summed E-state index contributed by atoms with van der Waals surface area (Å²) in [5.74, 6) is -0.606. The van der Waals surface area contributed by atoms with Crippen molar-refractivity contribution >= 4 is 27.6 Å². The minimum atomic E-state index is -4.47. The second kappa shape index (κ2) is 6.08. The van der Waals surface area contributed by atoms with E-state index in [9.17, 15) is 18.0 Å². The molecule has 7 heteroatoms. The summed E-state index contributed by atoms with van der Waals surface area (Å²) >= 11 is 3.08. The SMILES string of the molecule is CCOC(=O)CNc1cc(Br)ccc1C(F)(F)F. The number of hydrogen-bond donors (Lipinski definition) is 1. The summed E-state index contributed by atoms with van der Waals surface area (Å²) in [6.45, 7) is 1.50. The van der Waals surface area contributed by atoms with Gasteiger partial charge >= 0.3 is 12.1 Å². The quantitative estimate of drug-likeness (QED) is 0.862. The van der Waals surface area contributed by atoms with Gasteiger partial charge in [0.1, 0.15) is 6.54 Å². The number of nitrogens with one attached hydrogen (secondary N) is 1. The van der Waals surface area contributed by atoms with Crippen LogP contribution >= 0.6 is 15.9 Å². The van der Waals surface area contributed by atoms with Crippen LogP contribution < -0.4 is 5.32 Å². The summed E-state index contributed by atoms with van der Waals surface area (Å²) in [7, 11) is 0. The Kier molecular flexibility index (Phi) is 5.01. The molecule has 0 saturated heterocycles. The lowest BCUT2D eigenvalue weighted by molar-refractivity contribution is -0.141. The number of halogens is 4. The molecule has 0 spiro atoms. The van der Waals surface area contributed by atoms with Crippen LogP contribution in [0.4, 0.5) is 18.9 Å². The van der Waals surface area contributed by atoms with Crippen molar-refractivity contribution in [1.82, 2.24) is 0 Å². The molecule has 1 rings (SSSR count). The van der Waals surface area contributed by atoms with Gasteiger partial charge in [-0.15, -0.1) is 0 Å². The fourth-order valence-electron chi connectivity index (χ4n) is 1.29. The standard InChI is InChI=1S/C11H11BrF3NO2/c1-2-18-10(17)6-16-9-5-7(12)3-4-8(9)11(13,14)15/h3-5,16H,2,6H2,1H3. The minimum Gasteiger partial charge on any atom is -0.465 e. The molecule has 0 saturated carbocycles. The van der Waals surface area contributed by atoms with Crippen molar-refractivity contribution in [3.63, 3.8) is 0 Å². The van der Waals surface area contributed by atoms with Crippen LogP contribution in [0, 0.1) is 0 Å². The highest BCUT2D eigenvalue weighted by atomic mass is 79.9. The third-order valence-corrected chi connectivity index (χ3v) is 2.51. The van der Waals surface area contributed by atoms with E-state index >= 15 is 0 Å². The topological polar surface area (TPSA) is 38.3 Å². The molecule has 0 radical (unpaired) electrons. The summed E-state index contributed by atoms with van der Waals surface area (Å²) in [6, 6.07) is 3.50. The number of benzene rings is 1. The molecule has 1 aromatic carbocycles. The van der Waals surface area contributed by atoms with Crippen molar-refractivity contribution in [3.05, 3.63) is 28.2 Å². The van der Waals surface area contributed by atoms with E-state index in [-0.39, 0.29) is 18.8 Å². The minimum absolute atomic E-state index is 0.162. The maximum Gasteiger partial charge on any atom is 0.418 e. The molecular formula is C11H11BrF3NO2. The maximum absolute atomic E-state index is 12.7. The van der Waals surface area contributed by atoms with Gasteiger partial charge in [0.25, 0.3) is 0 Å². The van der Waals surface area contributed by atoms with Crippen LogP contribution in [0.1, 0.15) is 12.5 Å². The largest absolute Gasteiger partial charge is 0.465 e. The second-order valence-corrected chi connectivity index (χ2v) is 4.26. The molecule has 0 unspecified atom stereocenters. The number of carbonyl (C=O) groups is 1. The summed E-state index contributed by atoms with van der Waals surface area (Å²) in [5, 5.41) is 2.42. The van der Waals surface area contributed by atoms with E-state index in [1.54, 1.807) is 6.92 Å². The van der Waals surface area contributed by atoms with E-state index in [2.05, 4.69) is 26.0 Å². The van der Waals surface area contributed by atoms with E-state index < -0.39 is 17.7 Å². The first-order chi connectivity index (χ1) is 8.34. The van der Waals surface area contributed by atoms with Crippen LogP contribution in [-0.2, 0) is 15.7 Å². The van der Waals surface area contributed by atoms with E-state index in [1.165, 1.54) is 12.1 Å². The smallest absolute Gasteiger partial charge is 0.418 e. The molecule has 0 bridgehead atoms. The predicted molar refractivity (Wildman–Crippen MR) is 64.3 cm³/mol. The van der Waals surface area contributed by atoms with Crippen molar-refractivity contribution in [3.8, 4) is 0 Å². The molecule has 3 nitrogen and oxygen atoms in total. The predicted octanol–water partition coefficient (Wildman–Crippen LogP) is 3.44. The molecule has 0 aliphatic heterocycles. The van der Waals surface area contributed by atoms with Gasteiger partial charge < -0.3 is 10.1 Å². The zero-order chi connectivity index (χ0) is 13.8. The zero-order valence-corrected chi connectivity index (χ0v) is 11.1. The molecule has 1 N–H and O–H groups in total. The number of rotatable bonds is 4. The van der Waals surface area contributed by atoms with Gasteiger partial charge in [-0.25, -0.2) is 0 Å². The fraction of sp³-hybridized carbons (Fsp3) is 0.364. The third-order valence-electron chi connectivity index (χ3n) is 2.02. The lowest BCUT2D eigenvalue weighted by Crippen LogP contribution is -2.19. The van der Waals surface area contributed by atoms with Gasteiger partial charge in [0.05, 0.1) is 12.2 Å². The van der Waals surface area contributed by atoms with Crippen LogP contribution in [0.25, 0.3) is 0 Å². The Hall–Kier alpha value is -1.24. The Morgan fingerprint density at radius 3 is 2.67 bits per heavy atom. The first kappa shape index (κ1) is 14.8. The van der Waals surface area contributed by atoms with Gasteiger partial charge in [-0.05, 0) is 25.1 Å².